The predicted octanol–water partition coefficient (Wildman–Crippen LogP) is 11.2. The van der Waals surface area contributed by atoms with Crippen LogP contribution in [0.15, 0.2) is 17.9 Å². The molecule has 0 saturated heterocycles. The molecule has 1 atom stereocenters. The lowest BCUT2D eigenvalue weighted by atomic mass is 10.0. The van der Waals surface area contributed by atoms with Crippen LogP contribution in [-0.4, -0.2) is 25.2 Å². The van der Waals surface area contributed by atoms with Gasteiger partial charge in [0.15, 0.2) is 0 Å². The molecule has 0 radical (unpaired) electrons. The summed E-state index contributed by atoms with van der Waals surface area (Å²) in [7, 11) is 0. The second-order valence-corrected chi connectivity index (χ2v) is 12.5. The van der Waals surface area contributed by atoms with Crippen molar-refractivity contribution in [2.24, 2.45) is 5.92 Å². The molecule has 1 unspecified atom stereocenters. The molecule has 0 amide bonds. The zero-order valence-electron chi connectivity index (χ0n) is 22.0. The Bertz CT molecular complexity index is 813. The van der Waals surface area contributed by atoms with Crippen LogP contribution >= 0.6 is 63.7 Å². The van der Waals surface area contributed by atoms with Crippen molar-refractivity contribution in [3.8, 4) is 0 Å². The van der Waals surface area contributed by atoms with Crippen LogP contribution in [0.3, 0.4) is 0 Å². The van der Waals surface area contributed by atoms with Crippen molar-refractivity contribution in [2.45, 2.75) is 111 Å². The van der Waals surface area contributed by atoms with Gasteiger partial charge in [-0.25, -0.2) is 9.59 Å². The fourth-order valence-corrected chi connectivity index (χ4v) is 6.45. The molecule has 0 aliphatic heterocycles. The standard InChI is InChI=1S/C28H42Br4O4/c1-4-7-9-10-11-12-13-14-15-16-18-35-27(33)21-22(24(30)26(32)25(31)23(21)29)28(34)36-19-20(6-3)17-8-5-2/h20H,4-19H2,1-3H3. The number of hydrogen-bond acceptors (Lipinski definition) is 4. The number of rotatable bonds is 19. The summed E-state index contributed by atoms with van der Waals surface area (Å²) in [5.74, 6) is -0.755. The predicted molar refractivity (Wildman–Crippen MR) is 163 cm³/mol. The number of esters is 2. The molecule has 36 heavy (non-hydrogen) atoms. The van der Waals surface area contributed by atoms with Crippen LogP contribution in [0.25, 0.3) is 0 Å². The fraction of sp³-hybridized carbons (Fsp3) is 0.714. The maximum Gasteiger partial charge on any atom is 0.340 e. The summed E-state index contributed by atoms with van der Waals surface area (Å²) in [5.41, 5.74) is 0.353. The van der Waals surface area contributed by atoms with Crippen molar-refractivity contribution < 1.29 is 19.1 Å². The summed E-state index contributed by atoms with van der Waals surface area (Å²) in [6, 6.07) is 0. The first kappa shape index (κ1) is 34.1. The van der Waals surface area contributed by atoms with Gasteiger partial charge in [-0.2, -0.15) is 0 Å². The third kappa shape index (κ3) is 11.9. The molecule has 1 aromatic rings. The van der Waals surface area contributed by atoms with E-state index in [0.717, 1.165) is 44.9 Å². The van der Waals surface area contributed by atoms with Gasteiger partial charge in [-0.3, -0.25) is 0 Å². The van der Waals surface area contributed by atoms with E-state index in [9.17, 15) is 9.59 Å². The number of carbonyl (C=O) groups is 2. The molecular formula is C28H42Br4O4. The summed E-state index contributed by atoms with van der Waals surface area (Å²) in [5, 5.41) is 0. The summed E-state index contributed by atoms with van der Waals surface area (Å²) in [6.45, 7) is 7.16. The monoisotopic (exact) mass is 758 g/mol. The highest BCUT2D eigenvalue weighted by atomic mass is 79.9. The van der Waals surface area contributed by atoms with Crippen LogP contribution in [-0.2, 0) is 9.47 Å². The van der Waals surface area contributed by atoms with Crippen molar-refractivity contribution in [1.82, 2.24) is 0 Å². The topological polar surface area (TPSA) is 52.6 Å². The van der Waals surface area contributed by atoms with Gasteiger partial charge in [-0.15, -0.1) is 0 Å². The highest BCUT2D eigenvalue weighted by Gasteiger charge is 2.30. The zero-order valence-corrected chi connectivity index (χ0v) is 28.4. The Labute approximate surface area is 251 Å². The Morgan fingerprint density at radius 1 is 0.611 bits per heavy atom. The first-order valence-electron chi connectivity index (χ1n) is 13.5. The Balaban J connectivity index is 2.71. The lowest BCUT2D eigenvalue weighted by molar-refractivity contribution is 0.0402. The molecule has 0 aromatic heterocycles. The van der Waals surface area contributed by atoms with Crippen LogP contribution in [0.5, 0.6) is 0 Å². The van der Waals surface area contributed by atoms with E-state index in [0.29, 0.717) is 37.0 Å². The maximum absolute atomic E-state index is 13.1. The van der Waals surface area contributed by atoms with E-state index in [1.165, 1.54) is 44.9 Å². The number of unbranched alkanes of at least 4 members (excludes halogenated alkanes) is 10. The molecular weight excluding hydrogens is 720 g/mol. The minimum Gasteiger partial charge on any atom is -0.462 e. The Morgan fingerprint density at radius 3 is 1.53 bits per heavy atom. The van der Waals surface area contributed by atoms with Gasteiger partial charge in [-0.1, -0.05) is 97.8 Å². The van der Waals surface area contributed by atoms with Crippen molar-refractivity contribution >= 4 is 75.7 Å². The highest BCUT2D eigenvalue weighted by molar-refractivity contribution is 9.15. The van der Waals surface area contributed by atoms with Gasteiger partial charge >= 0.3 is 11.9 Å². The van der Waals surface area contributed by atoms with Crippen LogP contribution in [0.1, 0.15) is 131 Å². The lowest BCUT2D eigenvalue weighted by Crippen LogP contribution is -2.19. The molecule has 0 N–H and O–H groups in total. The van der Waals surface area contributed by atoms with Gasteiger partial charge < -0.3 is 9.47 Å². The van der Waals surface area contributed by atoms with Gasteiger partial charge in [0.2, 0.25) is 0 Å². The van der Waals surface area contributed by atoms with Crippen LogP contribution in [0.4, 0.5) is 0 Å². The molecule has 0 saturated carbocycles. The molecule has 206 valence electrons. The normalized spacial score (nSPS) is 12.0. The second kappa shape index (κ2) is 20.0. The highest BCUT2D eigenvalue weighted by Crippen LogP contribution is 2.42. The van der Waals surface area contributed by atoms with Gasteiger partial charge in [-0.05, 0) is 82.5 Å². The SMILES string of the molecule is CCCCCCCCCCCCOC(=O)c1c(Br)c(Br)c(Br)c(Br)c1C(=O)OCC(CC)CCCC. The molecule has 0 aliphatic carbocycles. The Morgan fingerprint density at radius 2 is 1.06 bits per heavy atom. The fourth-order valence-electron chi connectivity index (χ4n) is 4.01. The Hall–Kier alpha value is 0.0800. The zero-order chi connectivity index (χ0) is 26.9. The van der Waals surface area contributed by atoms with Crippen molar-refractivity contribution in [3.63, 3.8) is 0 Å². The Kier molecular flexibility index (Phi) is 19.0. The first-order chi connectivity index (χ1) is 17.3. The van der Waals surface area contributed by atoms with E-state index < -0.39 is 11.9 Å². The summed E-state index contributed by atoms with van der Waals surface area (Å²) in [6.07, 6.45) is 16.3. The second-order valence-electron chi connectivity index (χ2n) is 9.34. The molecule has 0 heterocycles. The first-order valence-corrected chi connectivity index (χ1v) is 16.7. The summed E-state index contributed by atoms with van der Waals surface area (Å²) < 4.78 is 13.5. The third-order valence-electron chi connectivity index (χ3n) is 6.40. The molecule has 8 heteroatoms. The van der Waals surface area contributed by atoms with Crippen LogP contribution in [0.2, 0.25) is 0 Å². The molecule has 0 fully saturated rings. The number of carbonyl (C=O) groups excluding carboxylic acids is 2. The van der Waals surface area contributed by atoms with E-state index in [1.54, 1.807) is 0 Å². The lowest BCUT2D eigenvalue weighted by Gasteiger charge is -2.18. The number of ether oxygens (including phenoxy) is 2. The van der Waals surface area contributed by atoms with Gasteiger partial charge in [0.25, 0.3) is 0 Å². The summed E-state index contributed by atoms with van der Waals surface area (Å²) in [4.78, 5) is 26.2. The number of benzene rings is 1. The smallest absolute Gasteiger partial charge is 0.340 e. The molecule has 1 aromatic carbocycles. The van der Waals surface area contributed by atoms with E-state index in [2.05, 4.69) is 84.5 Å². The minimum atomic E-state index is -0.531. The summed E-state index contributed by atoms with van der Waals surface area (Å²) >= 11 is 13.9. The van der Waals surface area contributed by atoms with Gasteiger partial charge in [0, 0.05) is 17.9 Å². The average Bonchev–Trinajstić information content (AvgIpc) is 2.87. The van der Waals surface area contributed by atoms with E-state index in [-0.39, 0.29) is 11.1 Å². The van der Waals surface area contributed by atoms with Crippen LogP contribution in [0, 0.1) is 5.92 Å². The largest absolute Gasteiger partial charge is 0.462 e. The quantitative estimate of drug-likeness (QED) is 0.0610. The van der Waals surface area contributed by atoms with Crippen molar-refractivity contribution in [1.29, 1.82) is 0 Å². The molecule has 0 aliphatic rings. The molecule has 0 bridgehead atoms. The number of halogens is 4. The third-order valence-corrected chi connectivity index (χ3v) is 11.2. The van der Waals surface area contributed by atoms with Crippen molar-refractivity contribution in [3.05, 3.63) is 29.0 Å². The molecule has 1 rings (SSSR count). The molecule has 0 spiro atoms. The van der Waals surface area contributed by atoms with E-state index >= 15 is 0 Å². The van der Waals surface area contributed by atoms with Gasteiger partial charge in [0.05, 0.1) is 24.3 Å². The minimum absolute atomic E-state index is 0.176. The average molecular weight is 762 g/mol. The van der Waals surface area contributed by atoms with E-state index in [1.807, 2.05) is 0 Å². The maximum atomic E-state index is 13.1. The number of hydrogen-bond donors (Lipinski definition) is 0. The molecule has 4 nitrogen and oxygen atoms in total. The van der Waals surface area contributed by atoms with Gasteiger partial charge in [0.1, 0.15) is 0 Å². The van der Waals surface area contributed by atoms with Crippen molar-refractivity contribution in [2.75, 3.05) is 13.2 Å². The van der Waals surface area contributed by atoms with E-state index in [4.69, 9.17) is 9.47 Å². The van der Waals surface area contributed by atoms with Crippen LogP contribution < -0.4 is 0 Å².